The lowest BCUT2D eigenvalue weighted by atomic mass is 9.95. The average molecular weight is 438 g/mol. The summed E-state index contributed by atoms with van der Waals surface area (Å²) >= 11 is 0. The maximum atomic E-state index is 12.7. The van der Waals surface area contributed by atoms with Crippen molar-refractivity contribution in [2.45, 2.75) is 50.1 Å². The van der Waals surface area contributed by atoms with Gasteiger partial charge in [-0.15, -0.1) is 0 Å². The van der Waals surface area contributed by atoms with Gasteiger partial charge in [-0.1, -0.05) is 38.5 Å². The minimum Gasteiger partial charge on any atom is -0.447 e. The van der Waals surface area contributed by atoms with Crippen LogP contribution in [0.15, 0.2) is 35.2 Å². The third-order valence-corrected chi connectivity index (χ3v) is 8.08. The minimum atomic E-state index is -3.71. The van der Waals surface area contributed by atoms with Crippen LogP contribution in [0.2, 0.25) is 0 Å². The van der Waals surface area contributed by atoms with Gasteiger partial charge >= 0.3 is 6.09 Å². The number of carbonyl (C=O) groups is 2. The fraction of sp³-hybridized carbons (Fsp3) is 0.619. The van der Waals surface area contributed by atoms with Crippen molar-refractivity contribution in [3.8, 4) is 0 Å². The number of hydrogen-bond donors (Lipinski definition) is 0. The molecule has 2 fully saturated rings. The molecule has 0 radical (unpaired) electrons. The number of amides is 2. The van der Waals surface area contributed by atoms with E-state index in [1.54, 1.807) is 23.1 Å². The Hall–Kier alpha value is -2.13. The van der Waals surface area contributed by atoms with Crippen molar-refractivity contribution < 1.29 is 22.7 Å². The fourth-order valence-corrected chi connectivity index (χ4v) is 5.26. The minimum absolute atomic E-state index is 0.0498. The van der Waals surface area contributed by atoms with Gasteiger partial charge in [-0.2, -0.15) is 4.31 Å². The van der Waals surface area contributed by atoms with Crippen molar-refractivity contribution in [3.63, 3.8) is 0 Å². The van der Waals surface area contributed by atoms with E-state index in [0.29, 0.717) is 38.5 Å². The molecule has 1 aromatic carbocycles. The summed E-state index contributed by atoms with van der Waals surface area (Å²) in [4.78, 5) is 28.7. The van der Waals surface area contributed by atoms with Gasteiger partial charge in [0, 0.05) is 26.2 Å². The molecule has 2 amide bonds. The summed E-state index contributed by atoms with van der Waals surface area (Å²) in [6, 6.07) is 8.23. The molecule has 166 valence electrons. The topological polar surface area (TPSA) is 87.2 Å². The second-order valence-corrected chi connectivity index (χ2v) is 10.2. The largest absolute Gasteiger partial charge is 0.447 e. The zero-order chi connectivity index (χ0) is 21.9. The van der Waals surface area contributed by atoms with Crippen LogP contribution in [0.5, 0.6) is 0 Å². The van der Waals surface area contributed by atoms with Gasteiger partial charge in [0.15, 0.2) is 0 Å². The highest BCUT2D eigenvalue weighted by Crippen LogP contribution is 2.29. The van der Waals surface area contributed by atoms with Crippen LogP contribution in [0.25, 0.3) is 0 Å². The van der Waals surface area contributed by atoms with Crippen molar-refractivity contribution in [2.24, 2.45) is 5.92 Å². The molecule has 1 aromatic rings. The maximum absolute atomic E-state index is 12.7. The molecular formula is C21H31N3O5S. The van der Waals surface area contributed by atoms with Crippen molar-refractivity contribution in [2.75, 3.05) is 33.3 Å². The Morgan fingerprint density at radius 1 is 1.23 bits per heavy atom. The highest BCUT2D eigenvalue weighted by atomic mass is 32.2. The third-order valence-electron chi connectivity index (χ3n) is 6.27. The summed E-state index contributed by atoms with van der Waals surface area (Å²) in [5.74, 6) is 0.130. The van der Waals surface area contributed by atoms with E-state index >= 15 is 0 Å². The van der Waals surface area contributed by atoms with Gasteiger partial charge < -0.3 is 9.64 Å². The van der Waals surface area contributed by atoms with Gasteiger partial charge in [0.05, 0.1) is 17.5 Å². The standard InChI is InChI=1S/C21H31N3O5S/c1-4-16(2)19-15-29-21(26)24(19)17-10-12-23(13-11-17)20(25)14-22(3)30(27,28)18-8-6-5-7-9-18/h5-9,16-17,19H,4,10-15H2,1-3H3/t16-,19-/m0/s1. The lowest BCUT2D eigenvalue weighted by Gasteiger charge is -2.39. The number of likely N-dealkylation sites (tertiary alicyclic amines) is 1. The Kier molecular flexibility index (Phi) is 7.02. The van der Waals surface area contributed by atoms with E-state index in [1.807, 2.05) is 4.90 Å². The fourth-order valence-electron chi connectivity index (χ4n) is 4.12. The SMILES string of the molecule is CC[C@H](C)[C@@H]1COC(=O)N1C1CCN(C(=O)CN(C)S(=O)(=O)c2ccccc2)CC1. The maximum Gasteiger partial charge on any atom is 0.410 e. The van der Waals surface area contributed by atoms with E-state index in [1.165, 1.54) is 19.2 Å². The first-order valence-corrected chi connectivity index (χ1v) is 11.9. The first-order chi connectivity index (χ1) is 14.3. The second kappa shape index (κ2) is 9.34. The molecule has 8 nitrogen and oxygen atoms in total. The lowest BCUT2D eigenvalue weighted by molar-refractivity contribution is -0.132. The van der Waals surface area contributed by atoms with Crippen LogP contribution in [0.4, 0.5) is 4.79 Å². The van der Waals surface area contributed by atoms with E-state index in [4.69, 9.17) is 4.74 Å². The summed E-state index contributed by atoms with van der Waals surface area (Å²) < 4.78 is 31.7. The smallest absolute Gasteiger partial charge is 0.410 e. The Balaban J connectivity index is 1.57. The Bertz CT molecular complexity index is 853. The van der Waals surface area contributed by atoms with Gasteiger partial charge in [-0.3, -0.25) is 9.69 Å². The summed E-state index contributed by atoms with van der Waals surface area (Å²) in [6.45, 7) is 5.45. The zero-order valence-corrected chi connectivity index (χ0v) is 18.7. The Morgan fingerprint density at radius 3 is 2.47 bits per heavy atom. The van der Waals surface area contributed by atoms with Crippen molar-refractivity contribution in [1.82, 2.24) is 14.1 Å². The first kappa shape index (κ1) is 22.6. The van der Waals surface area contributed by atoms with Crippen LogP contribution in [0, 0.1) is 5.92 Å². The van der Waals surface area contributed by atoms with Gasteiger partial charge in [0.25, 0.3) is 0 Å². The van der Waals surface area contributed by atoms with Crippen LogP contribution in [0.1, 0.15) is 33.1 Å². The highest BCUT2D eigenvalue weighted by molar-refractivity contribution is 7.89. The molecule has 0 spiro atoms. The molecular weight excluding hydrogens is 406 g/mol. The van der Waals surface area contributed by atoms with Crippen molar-refractivity contribution in [1.29, 1.82) is 0 Å². The highest BCUT2D eigenvalue weighted by Gasteiger charge is 2.41. The summed E-state index contributed by atoms with van der Waals surface area (Å²) in [6.07, 6.45) is 2.04. The number of nitrogens with zero attached hydrogens (tertiary/aromatic N) is 3. The molecule has 3 rings (SSSR count). The number of likely N-dealkylation sites (N-methyl/N-ethyl adjacent to an activating group) is 1. The van der Waals surface area contributed by atoms with Crippen molar-refractivity contribution >= 4 is 22.0 Å². The van der Waals surface area contributed by atoms with Gasteiger partial charge in [0.1, 0.15) is 6.61 Å². The number of benzene rings is 1. The van der Waals surface area contributed by atoms with Crippen LogP contribution in [0.3, 0.4) is 0 Å². The summed E-state index contributed by atoms with van der Waals surface area (Å²) in [7, 11) is -2.29. The summed E-state index contributed by atoms with van der Waals surface area (Å²) in [5, 5.41) is 0. The number of rotatable bonds is 7. The molecule has 0 bridgehead atoms. The molecule has 2 heterocycles. The van der Waals surface area contributed by atoms with Gasteiger partial charge in [-0.05, 0) is 30.9 Å². The normalized spacial score (nSPS) is 21.7. The Labute approximate surface area is 178 Å². The third kappa shape index (κ3) is 4.62. The van der Waals surface area contributed by atoms with Crippen LogP contribution in [-0.2, 0) is 19.6 Å². The molecule has 0 N–H and O–H groups in total. The van der Waals surface area contributed by atoms with E-state index < -0.39 is 10.0 Å². The first-order valence-electron chi connectivity index (χ1n) is 10.5. The summed E-state index contributed by atoms with van der Waals surface area (Å²) in [5.41, 5.74) is 0. The van der Waals surface area contributed by atoms with Crippen LogP contribution < -0.4 is 0 Å². The Morgan fingerprint density at radius 2 is 1.87 bits per heavy atom. The quantitative estimate of drug-likeness (QED) is 0.652. The number of hydrogen-bond acceptors (Lipinski definition) is 5. The zero-order valence-electron chi connectivity index (χ0n) is 17.9. The van der Waals surface area contributed by atoms with Gasteiger partial charge in [-0.25, -0.2) is 13.2 Å². The molecule has 30 heavy (non-hydrogen) atoms. The number of sulfonamides is 1. The van der Waals surface area contributed by atoms with E-state index in [0.717, 1.165) is 10.7 Å². The van der Waals surface area contributed by atoms with Crippen LogP contribution in [-0.4, -0.2) is 79.9 Å². The van der Waals surface area contributed by atoms with E-state index in [-0.39, 0.29) is 35.5 Å². The number of cyclic esters (lactones) is 1. The predicted molar refractivity (Wildman–Crippen MR) is 112 cm³/mol. The number of ether oxygens (including phenoxy) is 1. The molecule has 2 atom stereocenters. The number of piperidine rings is 1. The molecule has 0 unspecified atom stereocenters. The van der Waals surface area contributed by atoms with Crippen molar-refractivity contribution in [3.05, 3.63) is 30.3 Å². The van der Waals surface area contributed by atoms with Gasteiger partial charge in [0.2, 0.25) is 15.9 Å². The lowest BCUT2D eigenvalue weighted by Crippen LogP contribution is -2.52. The second-order valence-electron chi connectivity index (χ2n) is 8.12. The monoisotopic (exact) mass is 437 g/mol. The molecule has 2 aliphatic rings. The van der Waals surface area contributed by atoms with Crippen LogP contribution >= 0.6 is 0 Å². The molecule has 2 saturated heterocycles. The molecule has 0 aromatic heterocycles. The molecule has 0 saturated carbocycles. The average Bonchev–Trinajstić information content (AvgIpc) is 3.15. The molecule has 2 aliphatic heterocycles. The molecule has 9 heteroatoms. The predicted octanol–water partition coefficient (Wildman–Crippen LogP) is 2.17. The van der Waals surface area contributed by atoms with E-state index in [2.05, 4.69) is 13.8 Å². The van der Waals surface area contributed by atoms with E-state index in [9.17, 15) is 18.0 Å². The number of carbonyl (C=O) groups excluding carboxylic acids is 2. The molecule has 0 aliphatic carbocycles.